The molecule has 2 heterocycles. The summed E-state index contributed by atoms with van der Waals surface area (Å²) in [6.45, 7) is 14.9. The SMILES string of the molecule is CCN(c1cc2oc(-c3ccc(Oc4cccc(-c5ccc(-c6cc7c(C(=O)NC)c(-c8ccc(Oc9ccc(F)cc9)cc8)oc7cc6N(CC)S(C)(=O)=O)cc5C(=O)NC(C)(C)C)c4)cc3)c(C(=O)NC)c2cc1-c1cccc(C(=O)N(C)C(C)(C)C)c1)S(C)(=O)=O. The van der Waals surface area contributed by atoms with Crippen molar-refractivity contribution < 1.29 is 58.7 Å². The van der Waals surface area contributed by atoms with Gasteiger partial charge in [-0.05, 0) is 193 Å². The van der Waals surface area contributed by atoms with Gasteiger partial charge in [0.1, 0.15) is 51.5 Å². The molecule has 8 aromatic carbocycles. The molecule has 10 aromatic rings. The van der Waals surface area contributed by atoms with Crippen molar-refractivity contribution in [2.75, 3.05) is 55.4 Å². The van der Waals surface area contributed by atoms with Crippen LogP contribution in [0.2, 0.25) is 0 Å². The molecular weight excluding hydrogens is 1240 g/mol. The topological polar surface area (TPSA) is 227 Å². The highest BCUT2D eigenvalue weighted by atomic mass is 32.2. The number of anilines is 2. The number of furan rings is 2. The standard InChI is InChI=1S/C73H73FN6O12S2/c1-14-79(93(12,85)86)60-41-62-58(39-55(60)45-18-16-20-48(36-45)71(84)78(11)73(6,7)8)64(69(82)75-9)67(91-62)44-24-31-51(32-25-44)90-53-21-17-19-46(37-53)54-35-26-47(38-57(54)68(81)77-72(3,4)5)56-40-59-63(42-61(56)80(15-2)94(13,87)88)92-66(65(59)70(83)76-10)43-22-29-50(30-23-43)89-52-33-27-49(74)28-34-52/h16-42H,14-15H2,1-13H3,(H,75,82)(H,76,83)(H,77,81). The van der Waals surface area contributed by atoms with Gasteiger partial charge in [-0.3, -0.25) is 27.8 Å². The van der Waals surface area contributed by atoms with E-state index >= 15 is 0 Å². The first-order chi connectivity index (χ1) is 44.4. The molecular formula is C73H73FN6O12S2. The first-order valence-electron chi connectivity index (χ1n) is 30.3. The summed E-state index contributed by atoms with van der Waals surface area (Å²) >= 11 is 0. The van der Waals surface area contributed by atoms with Gasteiger partial charge in [0.2, 0.25) is 20.0 Å². The van der Waals surface area contributed by atoms with E-state index < -0.39 is 54.7 Å². The minimum Gasteiger partial charge on any atom is -0.457 e. The number of nitrogens with zero attached hydrogens (tertiary/aromatic N) is 3. The lowest BCUT2D eigenvalue weighted by Gasteiger charge is -2.32. The van der Waals surface area contributed by atoms with Gasteiger partial charge in [0.25, 0.3) is 23.6 Å². The number of sulfonamides is 2. The third-order valence-electron chi connectivity index (χ3n) is 15.9. The Hall–Kier alpha value is -10.3. The van der Waals surface area contributed by atoms with Crippen molar-refractivity contribution in [3.8, 4) is 79.0 Å². The number of ether oxygens (including phenoxy) is 2. The van der Waals surface area contributed by atoms with Gasteiger partial charge in [-0.15, -0.1) is 0 Å². The number of fused-ring (bicyclic) bond motifs is 2. The van der Waals surface area contributed by atoms with Gasteiger partial charge >= 0.3 is 0 Å². The first-order valence-corrected chi connectivity index (χ1v) is 34.0. The van der Waals surface area contributed by atoms with Gasteiger partial charge in [-0.25, -0.2) is 21.2 Å². The van der Waals surface area contributed by atoms with E-state index in [1.807, 2.05) is 47.6 Å². The summed E-state index contributed by atoms with van der Waals surface area (Å²) < 4.78 is 95.7. The average molecular weight is 1310 g/mol. The van der Waals surface area contributed by atoms with Crippen LogP contribution in [-0.2, 0) is 20.0 Å². The van der Waals surface area contributed by atoms with Crippen LogP contribution in [0.5, 0.6) is 23.0 Å². The van der Waals surface area contributed by atoms with E-state index in [9.17, 15) is 40.4 Å². The Labute approximate surface area is 546 Å². The lowest BCUT2D eigenvalue weighted by molar-refractivity contribution is 0.0655. The van der Waals surface area contributed by atoms with Gasteiger partial charge in [-0.1, -0.05) is 36.4 Å². The molecule has 0 aliphatic carbocycles. The molecule has 4 amide bonds. The molecule has 21 heteroatoms. The molecule has 0 aliphatic heterocycles. The van der Waals surface area contributed by atoms with Crippen molar-refractivity contribution in [3.05, 3.63) is 192 Å². The van der Waals surface area contributed by atoms with Crippen LogP contribution in [0.3, 0.4) is 0 Å². The number of benzene rings is 8. The van der Waals surface area contributed by atoms with E-state index in [-0.39, 0.29) is 69.7 Å². The van der Waals surface area contributed by atoms with Crippen LogP contribution < -0.4 is 34.0 Å². The van der Waals surface area contributed by atoms with Crippen LogP contribution in [0.15, 0.2) is 173 Å². The molecule has 0 atom stereocenters. The highest BCUT2D eigenvalue weighted by Gasteiger charge is 2.31. The van der Waals surface area contributed by atoms with Gasteiger partial charge in [0, 0.05) is 102 Å². The van der Waals surface area contributed by atoms with Crippen LogP contribution in [0, 0.1) is 5.82 Å². The van der Waals surface area contributed by atoms with E-state index in [2.05, 4.69) is 16.0 Å². The highest BCUT2D eigenvalue weighted by molar-refractivity contribution is 7.92. The average Bonchev–Trinajstić information content (AvgIpc) is 1.54. The van der Waals surface area contributed by atoms with E-state index in [0.29, 0.717) is 83.8 Å². The summed E-state index contributed by atoms with van der Waals surface area (Å²) in [7, 11) is -3.06. The molecule has 2 aromatic heterocycles. The Balaban J connectivity index is 1.02. The van der Waals surface area contributed by atoms with Crippen molar-refractivity contribution in [2.24, 2.45) is 0 Å². The Morgan fingerprint density at radius 3 is 1.36 bits per heavy atom. The van der Waals surface area contributed by atoms with Crippen molar-refractivity contribution in [1.29, 1.82) is 0 Å². The first kappa shape index (κ1) is 66.7. The van der Waals surface area contributed by atoms with Gasteiger partial charge in [-0.2, -0.15) is 0 Å². The summed E-state index contributed by atoms with van der Waals surface area (Å²) in [4.78, 5) is 58.1. The summed E-state index contributed by atoms with van der Waals surface area (Å²) in [5.74, 6) is 0.0801. The van der Waals surface area contributed by atoms with Crippen molar-refractivity contribution in [3.63, 3.8) is 0 Å². The fourth-order valence-electron chi connectivity index (χ4n) is 11.1. The number of hydrogen-bond donors (Lipinski definition) is 3. The van der Waals surface area contributed by atoms with Crippen LogP contribution >= 0.6 is 0 Å². The third kappa shape index (κ3) is 13.9. The van der Waals surface area contributed by atoms with E-state index in [4.69, 9.17) is 18.3 Å². The Morgan fingerprint density at radius 2 is 0.926 bits per heavy atom. The van der Waals surface area contributed by atoms with Gasteiger partial charge < -0.3 is 39.2 Å². The second kappa shape index (κ2) is 26.0. The molecule has 0 saturated heterocycles. The van der Waals surface area contributed by atoms with Crippen molar-refractivity contribution >= 4 is 77.0 Å². The number of carbonyl (C=O) groups is 4. The molecule has 0 aliphatic rings. The number of amides is 4. The molecule has 0 unspecified atom stereocenters. The molecule has 0 fully saturated rings. The molecule has 18 nitrogen and oxygen atoms in total. The maximum absolute atomic E-state index is 14.7. The molecule has 0 bridgehead atoms. The van der Waals surface area contributed by atoms with E-state index in [0.717, 1.165) is 12.5 Å². The number of hydrogen-bond acceptors (Lipinski definition) is 12. The van der Waals surface area contributed by atoms with Gasteiger partial charge in [0.05, 0.1) is 35.0 Å². The molecule has 0 saturated carbocycles. The largest absolute Gasteiger partial charge is 0.457 e. The molecule has 0 radical (unpaired) electrons. The quantitative estimate of drug-likeness (QED) is 0.0687. The maximum atomic E-state index is 14.7. The summed E-state index contributed by atoms with van der Waals surface area (Å²) in [6.07, 6.45) is 2.21. The normalized spacial score (nSPS) is 11.9. The predicted molar refractivity (Wildman–Crippen MR) is 368 cm³/mol. The zero-order valence-corrected chi connectivity index (χ0v) is 56.1. The summed E-state index contributed by atoms with van der Waals surface area (Å²) in [5, 5.41) is 9.32. The smallest absolute Gasteiger partial charge is 0.255 e. The second-order valence-electron chi connectivity index (χ2n) is 24.7. The zero-order valence-electron chi connectivity index (χ0n) is 54.4. The molecule has 94 heavy (non-hydrogen) atoms. The number of nitrogens with one attached hydrogen (secondary N) is 3. The maximum Gasteiger partial charge on any atom is 0.255 e. The summed E-state index contributed by atoms with van der Waals surface area (Å²) in [5.41, 5.74) is 4.77. The van der Waals surface area contributed by atoms with Crippen molar-refractivity contribution in [1.82, 2.24) is 20.9 Å². The summed E-state index contributed by atoms with van der Waals surface area (Å²) in [6, 6.07) is 45.2. The number of halogens is 1. The number of rotatable bonds is 19. The van der Waals surface area contributed by atoms with Crippen molar-refractivity contribution in [2.45, 2.75) is 66.5 Å². The Kier molecular flexibility index (Phi) is 18.5. The molecule has 486 valence electrons. The zero-order chi connectivity index (χ0) is 67.9. The van der Waals surface area contributed by atoms with Crippen LogP contribution in [0.4, 0.5) is 15.8 Å². The van der Waals surface area contributed by atoms with Crippen LogP contribution in [0.1, 0.15) is 96.8 Å². The second-order valence-corrected chi connectivity index (χ2v) is 28.5. The van der Waals surface area contributed by atoms with E-state index in [1.54, 1.807) is 159 Å². The molecule has 10 rings (SSSR count). The molecule has 0 spiro atoms. The van der Waals surface area contributed by atoms with Crippen LogP contribution in [-0.4, -0.2) is 103 Å². The fourth-order valence-corrected chi connectivity index (χ4v) is 13.1. The number of carbonyl (C=O) groups excluding carboxylic acids is 4. The lowest BCUT2D eigenvalue weighted by atomic mass is 9.92. The minimum atomic E-state index is -3.93. The molecule has 3 N–H and O–H groups in total. The minimum absolute atomic E-state index is 0.0253. The van der Waals surface area contributed by atoms with Gasteiger partial charge in [0.15, 0.2) is 0 Å². The predicted octanol–water partition coefficient (Wildman–Crippen LogP) is 14.9. The monoisotopic (exact) mass is 1310 g/mol. The Morgan fingerprint density at radius 1 is 0.500 bits per heavy atom. The highest BCUT2D eigenvalue weighted by Crippen LogP contribution is 2.46. The Bertz CT molecular complexity index is 4840. The lowest BCUT2D eigenvalue weighted by Crippen LogP contribution is -2.42. The third-order valence-corrected chi connectivity index (χ3v) is 18.4. The fraction of sp³-hybridized carbons (Fsp3) is 0.233. The van der Waals surface area contributed by atoms with E-state index in [1.165, 1.54) is 47.0 Å². The van der Waals surface area contributed by atoms with Crippen LogP contribution in [0.25, 0.3) is 78.0 Å².